The van der Waals surface area contributed by atoms with Crippen molar-refractivity contribution in [1.29, 1.82) is 0 Å². The lowest BCUT2D eigenvalue weighted by Crippen LogP contribution is -2.06. The molecular formula is C16H8ClN3O6. The molecular weight excluding hydrogens is 366 g/mol. The van der Waals surface area contributed by atoms with Gasteiger partial charge in [-0.3, -0.25) is 20.2 Å². The van der Waals surface area contributed by atoms with Crippen molar-refractivity contribution >= 4 is 40.9 Å². The van der Waals surface area contributed by atoms with Crippen molar-refractivity contribution in [2.75, 3.05) is 0 Å². The minimum Gasteiger partial charge on any atom is -0.402 e. The fourth-order valence-corrected chi connectivity index (χ4v) is 2.35. The van der Waals surface area contributed by atoms with Crippen molar-refractivity contribution in [2.24, 2.45) is 4.99 Å². The molecule has 0 N–H and O–H groups in total. The summed E-state index contributed by atoms with van der Waals surface area (Å²) in [7, 11) is 0. The van der Waals surface area contributed by atoms with E-state index in [2.05, 4.69) is 4.99 Å². The molecule has 2 aromatic rings. The van der Waals surface area contributed by atoms with E-state index in [0.717, 1.165) is 6.07 Å². The molecule has 0 radical (unpaired) electrons. The third kappa shape index (κ3) is 3.42. The van der Waals surface area contributed by atoms with Crippen LogP contribution in [0.2, 0.25) is 5.02 Å². The summed E-state index contributed by atoms with van der Waals surface area (Å²) in [6, 6.07) is 9.40. The molecule has 0 bridgehead atoms. The Labute approximate surface area is 150 Å². The zero-order chi connectivity index (χ0) is 18.8. The Morgan fingerprint density at radius 3 is 2.35 bits per heavy atom. The summed E-state index contributed by atoms with van der Waals surface area (Å²) in [5, 5.41) is 21.5. The van der Waals surface area contributed by atoms with Gasteiger partial charge in [0.25, 0.3) is 11.4 Å². The largest absolute Gasteiger partial charge is 0.402 e. The summed E-state index contributed by atoms with van der Waals surface area (Å²) >= 11 is 5.75. The Morgan fingerprint density at radius 2 is 1.73 bits per heavy atom. The van der Waals surface area contributed by atoms with E-state index in [-0.39, 0.29) is 33.6 Å². The molecule has 1 aliphatic heterocycles. The number of carbonyl (C=O) groups is 1. The molecule has 2 aromatic carbocycles. The maximum atomic E-state index is 12.0. The molecule has 10 heteroatoms. The Hall–Kier alpha value is -3.59. The lowest BCUT2D eigenvalue weighted by atomic mass is 10.2. The molecule has 9 nitrogen and oxygen atoms in total. The number of carbonyl (C=O) groups excluding carboxylic acids is 1. The Balaban J connectivity index is 1.93. The highest BCUT2D eigenvalue weighted by molar-refractivity contribution is 6.32. The number of ether oxygens (including phenoxy) is 1. The van der Waals surface area contributed by atoms with Crippen molar-refractivity contribution in [3.05, 3.63) is 84.5 Å². The number of nitro groups is 2. The van der Waals surface area contributed by atoms with Crippen LogP contribution in [0, 0.1) is 20.2 Å². The van der Waals surface area contributed by atoms with Gasteiger partial charge in [0.15, 0.2) is 5.70 Å². The highest BCUT2D eigenvalue weighted by Crippen LogP contribution is 2.27. The first-order valence-electron chi connectivity index (χ1n) is 7.06. The lowest BCUT2D eigenvalue weighted by Gasteiger charge is -2.00. The number of nitrogens with zero attached hydrogens (tertiary/aromatic N) is 3. The number of hydrogen-bond acceptors (Lipinski definition) is 7. The minimum absolute atomic E-state index is 0.0357. The number of aliphatic imine (C=N–C) groups is 1. The van der Waals surface area contributed by atoms with E-state index >= 15 is 0 Å². The van der Waals surface area contributed by atoms with Crippen LogP contribution in [-0.4, -0.2) is 21.7 Å². The van der Waals surface area contributed by atoms with E-state index in [0.29, 0.717) is 5.56 Å². The fraction of sp³-hybridized carbons (Fsp3) is 0. The second-order valence-electron chi connectivity index (χ2n) is 5.11. The average Bonchev–Trinajstić information content (AvgIpc) is 2.96. The van der Waals surface area contributed by atoms with E-state index in [4.69, 9.17) is 16.3 Å². The van der Waals surface area contributed by atoms with E-state index in [1.165, 1.54) is 42.5 Å². The Bertz CT molecular complexity index is 998. The highest BCUT2D eigenvalue weighted by atomic mass is 35.5. The monoisotopic (exact) mass is 373 g/mol. The number of hydrogen-bond donors (Lipinski definition) is 0. The molecule has 0 saturated heterocycles. The van der Waals surface area contributed by atoms with Gasteiger partial charge < -0.3 is 4.74 Å². The fourth-order valence-electron chi connectivity index (χ4n) is 2.17. The molecule has 0 amide bonds. The van der Waals surface area contributed by atoms with Crippen LogP contribution in [0.1, 0.15) is 11.1 Å². The minimum atomic E-state index is -0.740. The molecule has 130 valence electrons. The van der Waals surface area contributed by atoms with E-state index in [9.17, 15) is 25.0 Å². The van der Waals surface area contributed by atoms with Crippen LogP contribution in [0.5, 0.6) is 0 Å². The predicted octanol–water partition coefficient (Wildman–Crippen LogP) is 3.50. The summed E-state index contributed by atoms with van der Waals surface area (Å²) in [5.74, 6) is -0.834. The number of rotatable bonds is 4. The second kappa shape index (κ2) is 6.73. The predicted molar refractivity (Wildman–Crippen MR) is 91.8 cm³/mol. The van der Waals surface area contributed by atoms with Crippen molar-refractivity contribution in [1.82, 2.24) is 0 Å². The first-order valence-corrected chi connectivity index (χ1v) is 7.44. The molecule has 1 aliphatic rings. The second-order valence-corrected chi connectivity index (χ2v) is 5.52. The molecule has 0 aromatic heterocycles. The summed E-state index contributed by atoms with van der Waals surface area (Å²) in [5.41, 5.74) is 0.275. The van der Waals surface area contributed by atoms with Gasteiger partial charge in [0.05, 0.1) is 9.85 Å². The van der Waals surface area contributed by atoms with Gasteiger partial charge in [-0.1, -0.05) is 11.6 Å². The van der Waals surface area contributed by atoms with Gasteiger partial charge in [0.2, 0.25) is 5.90 Å². The normalized spacial score (nSPS) is 14.9. The van der Waals surface area contributed by atoms with Gasteiger partial charge in [0, 0.05) is 23.8 Å². The van der Waals surface area contributed by atoms with Crippen LogP contribution in [0.4, 0.5) is 11.4 Å². The molecule has 3 rings (SSSR count). The SMILES string of the molecule is O=C1OC(c2ccc(Cl)c([N+](=O)[O-])c2)=N/C1=C\c1ccc([N+](=O)[O-])cc1. The van der Waals surface area contributed by atoms with Crippen molar-refractivity contribution < 1.29 is 19.4 Å². The maximum Gasteiger partial charge on any atom is 0.363 e. The Kier molecular flexibility index (Phi) is 4.46. The van der Waals surface area contributed by atoms with Gasteiger partial charge >= 0.3 is 5.97 Å². The van der Waals surface area contributed by atoms with Crippen molar-refractivity contribution in [2.45, 2.75) is 0 Å². The zero-order valence-electron chi connectivity index (χ0n) is 12.8. The third-order valence-corrected chi connectivity index (χ3v) is 3.74. The average molecular weight is 374 g/mol. The van der Waals surface area contributed by atoms with Gasteiger partial charge in [-0.05, 0) is 35.9 Å². The van der Waals surface area contributed by atoms with Crippen molar-refractivity contribution in [3.63, 3.8) is 0 Å². The summed E-state index contributed by atoms with van der Waals surface area (Å²) < 4.78 is 5.04. The number of nitro benzene ring substituents is 2. The van der Waals surface area contributed by atoms with Crippen LogP contribution < -0.4 is 0 Å². The zero-order valence-corrected chi connectivity index (χ0v) is 13.5. The third-order valence-electron chi connectivity index (χ3n) is 3.42. The first-order chi connectivity index (χ1) is 12.3. The standard InChI is InChI=1S/C16H8ClN3O6/c17-12-6-3-10(8-14(12)20(24)25)15-18-13(16(21)26-15)7-9-1-4-11(5-2-9)19(22)23/h1-8H/b13-7-. The van der Waals surface area contributed by atoms with Crippen LogP contribution in [-0.2, 0) is 9.53 Å². The molecule has 1 heterocycles. The number of halogens is 1. The molecule has 0 unspecified atom stereocenters. The summed E-state index contributed by atoms with van der Waals surface area (Å²) in [6.07, 6.45) is 1.39. The summed E-state index contributed by atoms with van der Waals surface area (Å²) in [6.45, 7) is 0. The molecule has 26 heavy (non-hydrogen) atoms. The van der Waals surface area contributed by atoms with Gasteiger partial charge in [-0.15, -0.1) is 0 Å². The van der Waals surface area contributed by atoms with Crippen LogP contribution in [0.15, 0.2) is 53.2 Å². The first kappa shape index (κ1) is 17.2. The number of esters is 1. The topological polar surface area (TPSA) is 125 Å². The summed E-state index contributed by atoms with van der Waals surface area (Å²) in [4.78, 5) is 36.4. The van der Waals surface area contributed by atoms with Gasteiger partial charge in [-0.25, -0.2) is 9.79 Å². The smallest absolute Gasteiger partial charge is 0.363 e. The molecule has 0 fully saturated rings. The highest BCUT2D eigenvalue weighted by Gasteiger charge is 2.26. The van der Waals surface area contributed by atoms with Crippen LogP contribution in [0.25, 0.3) is 6.08 Å². The number of benzene rings is 2. The number of non-ortho nitro benzene ring substituents is 1. The van der Waals surface area contributed by atoms with E-state index in [1.807, 2.05) is 0 Å². The van der Waals surface area contributed by atoms with Crippen LogP contribution >= 0.6 is 11.6 Å². The maximum absolute atomic E-state index is 12.0. The number of cyclic esters (lactones) is 1. The lowest BCUT2D eigenvalue weighted by molar-refractivity contribution is -0.385. The van der Waals surface area contributed by atoms with Gasteiger partial charge in [-0.2, -0.15) is 0 Å². The quantitative estimate of drug-likeness (QED) is 0.349. The van der Waals surface area contributed by atoms with Gasteiger partial charge in [0.1, 0.15) is 5.02 Å². The molecule has 0 atom stereocenters. The molecule has 0 aliphatic carbocycles. The molecule has 0 spiro atoms. The van der Waals surface area contributed by atoms with Crippen LogP contribution in [0.3, 0.4) is 0 Å². The van der Waals surface area contributed by atoms with E-state index in [1.54, 1.807) is 0 Å². The Morgan fingerprint density at radius 1 is 1.04 bits per heavy atom. The van der Waals surface area contributed by atoms with Crippen molar-refractivity contribution in [3.8, 4) is 0 Å². The molecule has 0 saturated carbocycles. The van der Waals surface area contributed by atoms with E-state index < -0.39 is 15.8 Å².